The maximum absolute atomic E-state index is 12.9. The first kappa shape index (κ1) is 7.49. The van der Waals surface area contributed by atoms with Crippen LogP contribution in [0.2, 0.25) is 0 Å². The minimum absolute atomic E-state index is 0.285. The monoisotopic (exact) mass is 158 g/mol. The van der Waals surface area contributed by atoms with Gasteiger partial charge >= 0.3 is 0 Å². The number of benzene rings is 1. The lowest BCUT2D eigenvalue weighted by molar-refractivity contribution is 0.388. The highest BCUT2D eigenvalue weighted by molar-refractivity contribution is 7.27. The van der Waals surface area contributed by atoms with Gasteiger partial charge in [-0.1, -0.05) is 12.1 Å². The van der Waals surface area contributed by atoms with Crippen molar-refractivity contribution in [3.63, 3.8) is 0 Å². The van der Waals surface area contributed by atoms with Gasteiger partial charge in [0.2, 0.25) is 0 Å². The van der Waals surface area contributed by atoms with Crippen LogP contribution in [0.5, 0.6) is 5.75 Å². The molecule has 1 aromatic carbocycles. The van der Waals surface area contributed by atoms with E-state index in [2.05, 4.69) is 9.24 Å². The third kappa shape index (κ3) is 1.27. The summed E-state index contributed by atoms with van der Waals surface area (Å²) in [5.41, 5.74) is 0. The lowest BCUT2D eigenvalue weighted by Gasteiger charge is -2.01. The van der Waals surface area contributed by atoms with Gasteiger partial charge in [0.25, 0.3) is 0 Å². The summed E-state index contributed by atoms with van der Waals surface area (Å²) in [4.78, 5) is 0. The Morgan fingerprint density at radius 2 is 2.20 bits per heavy atom. The zero-order valence-electron chi connectivity index (χ0n) is 5.60. The van der Waals surface area contributed by atoms with Gasteiger partial charge in [-0.3, -0.25) is 0 Å². The van der Waals surface area contributed by atoms with E-state index < -0.39 is 0 Å². The third-order valence-corrected chi connectivity index (χ3v) is 1.66. The van der Waals surface area contributed by atoms with Crippen LogP contribution in [-0.4, -0.2) is 7.11 Å². The van der Waals surface area contributed by atoms with E-state index in [9.17, 15) is 4.39 Å². The number of hydrogen-bond acceptors (Lipinski definition) is 1. The standard InChI is InChI=1S/C7H8FOP/c1-9-5-3-2-4-6(10)7(5)8/h2-4H,10H2,1H3. The van der Waals surface area contributed by atoms with Gasteiger partial charge in [-0.05, 0) is 6.07 Å². The second-order valence-corrected chi connectivity index (χ2v) is 2.49. The largest absolute Gasteiger partial charge is 0.494 e. The molecule has 0 fully saturated rings. The van der Waals surface area contributed by atoms with E-state index in [1.54, 1.807) is 18.2 Å². The summed E-state index contributed by atoms with van der Waals surface area (Å²) in [6.45, 7) is 0. The Kier molecular flexibility index (Phi) is 2.23. The maximum Gasteiger partial charge on any atom is 0.172 e. The molecule has 0 amide bonds. The van der Waals surface area contributed by atoms with E-state index in [1.807, 2.05) is 0 Å². The van der Waals surface area contributed by atoms with Gasteiger partial charge in [0.05, 0.1) is 7.11 Å². The first-order valence-corrected chi connectivity index (χ1v) is 3.41. The van der Waals surface area contributed by atoms with E-state index >= 15 is 0 Å². The van der Waals surface area contributed by atoms with Crippen molar-refractivity contribution >= 4 is 14.5 Å². The number of ether oxygens (including phenoxy) is 1. The number of halogens is 1. The molecule has 54 valence electrons. The molecule has 0 saturated heterocycles. The van der Waals surface area contributed by atoms with Gasteiger partial charge in [0.15, 0.2) is 11.6 Å². The zero-order valence-corrected chi connectivity index (χ0v) is 6.75. The minimum atomic E-state index is -0.310. The molecule has 0 heterocycles. The van der Waals surface area contributed by atoms with E-state index in [0.29, 0.717) is 5.30 Å². The first-order chi connectivity index (χ1) is 4.75. The molecule has 1 atom stereocenters. The lowest BCUT2D eigenvalue weighted by atomic mass is 10.3. The molecule has 1 rings (SSSR count). The summed E-state index contributed by atoms with van der Waals surface area (Å²) >= 11 is 0. The zero-order chi connectivity index (χ0) is 7.56. The Hall–Kier alpha value is -0.620. The molecule has 0 bridgehead atoms. The molecule has 0 aliphatic heterocycles. The molecule has 0 saturated carbocycles. The fraction of sp³-hybridized carbons (Fsp3) is 0.143. The first-order valence-electron chi connectivity index (χ1n) is 2.83. The fourth-order valence-electron chi connectivity index (χ4n) is 0.685. The van der Waals surface area contributed by atoms with Crippen LogP contribution >= 0.6 is 9.24 Å². The van der Waals surface area contributed by atoms with E-state index in [0.717, 1.165) is 0 Å². The van der Waals surface area contributed by atoms with Crippen LogP contribution in [-0.2, 0) is 0 Å². The molecule has 1 aromatic rings. The Balaban J connectivity index is 3.14. The van der Waals surface area contributed by atoms with Crippen LogP contribution in [0.3, 0.4) is 0 Å². The molecule has 0 aromatic heterocycles. The van der Waals surface area contributed by atoms with Crippen molar-refractivity contribution in [2.75, 3.05) is 7.11 Å². The Labute approximate surface area is 61.4 Å². The smallest absolute Gasteiger partial charge is 0.172 e. The van der Waals surface area contributed by atoms with Gasteiger partial charge in [-0.25, -0.2) is 4.39 Å². The van der Waals surface area contributed by atoms with E-state index in [1.165, 1.54) is 7.11 Å². The van der Waals surface area contributed by atoms with Gasteiger partial charge in [-0.15, -0.1) is 9.24 Å². The molecule has 0 aliphatic rings. The van der Waals surface area contributed by atoms with Gasteiger partial charge in [0.1, 0.15) is 0 Å². The van der Waals surface area contributed by atoms with Crippen molar-refractivity contribution in [2.45, 2.75) is 0 Å². The maximum atomic E-state index is 12.9. The van der Waals surface area contributed by atoms with Gasteiger partial charge in [-0.2, -0.15) is 0 Å². The van der Waals surface area contributed by atoms with Crippen molar-refractivity contribution in [3.8, 4) is 5.75 Å². The van der Waals surface area contributed by atoms with Crippen LogP contribution < -0.4 is 10.0 Å². The van der Waals surface area contributed by atoms with Gasteiger partial charge in [0, 0.05) is 5.30 Å². The molecule has 1 unspecified atom stereocenters. The SMILES string of the molecule is COc1cccc(P)c1F. The van der Waals surface area contributed by atoms with E-state index in [-0.39, 0.29) is 11.6 Å². The van der Waals surface area contributed by atoms with Crippen LogP contribution in [0.25, 0.3) is 0 Å². The Morgan fingerprint density at radius 1 is 1.50 bits per heavy atom. The molecule has 0 radical (unpaired) electrons. The molecular weight excluding hydrogens is 150 g/mol. The molecule has 3 heteroatoms. The fourth-order valence-corrected chi connectivity index (χ4v) is 0.939. The highest BCUT2D eigenvalue weighted by Crippen LogP contribution is 2.14. The summed E-state index contributed by atoms with van der Waals surface area (Å²) in [5, 5.41) is 0.527. The third-order valence-electron chi connectivity index (χ3n) is 1.21. The van der Waals surface area contributed by atoms with E-state index in [4.69, 9.17) is 4.74 Å². The number of hydrogen-bond donors (Lipinski definition) is 0. The average Bonchev–Trinajstić information content (AvgIpc) is 1.95. The second-order valence-electron chi connectivity index (χ2n) is 1.86. The summed E-state index contributed by atoms with van der Waals surface area (Å²) < 4.78 is 17.6. The second kappa shape index (κ2) is 2.98. The number of methoxy groups -OCH3 is 1. The minimum Gasteiger partial charge on any atom is -0.494 e. The highest BCUT2D eigenvalue weighted by atomic mass is 31.0. The Bertz CT molecular complexity index is 237. The quantitative estimate of drug-likeness (QED) is 0.560. The molecule has 0 N–H and O–H groups in total. The average molecular weight is 158 g/mol. The van der Waals surface area contributed by atoms with Crippen molar-refractivity contribution in [3.05, 3.63) is 24.0 Å². The highest BCUT2D eigenvalue weighted by Gasteiger charge is 2.02. The molecular formula is C7H8FOP. The van der Waals surface area contributed by atoms with Crippen LogP contribution in [0, 0.1) is 5.82 Å². The predicted molar refractivity (Wildman–Crippen MR) is 42.3 cm³/mol. The van der Waals surface area contributed by atoms with Crippen molar-refractivity contribution in [1.29, 1.82) is 0 Å². The molecule has 1 nitrogen and oxygen atoms in total. The van der Waals surface area contributed by atoms with Crippen molar-refractivity contribution < 1.29 is 9.13 Å². The Morgan fingerprint density at radius 3 is 2.70 bits per heavy atom. The van der Waals surface area contributed by atoms with Crippen LogP contribution in [0.15, 0.2) is 18.2 Å². The molecule has 10 heavy (non-hydrogen) atoms. The normalized spacial score (nSPS) is 9.50. The van der Waals surface area contributed by atoms with Crippen LogP contribution in [0.1, 0.15) is 0 Å². The lowest BCUT2D eigenvalue weighted by Crippen LogP contribution is -1.99. The summed E-state index contributed by atoms with van der Waals surface area (Å²) in [6, 6.07) is 5.00. The molecule has 0 spiro atoms. The number of rotatable bonds is 1. The van der Waals surface area contributed by atoms with Gasteiger partial charge < -0.3 is 4.74 Å². The van der Waals surface area contributed by atoms with Crippen LogP contribution in [0.4, 0.5) is 4.39 Å². The predicted octanol–water partition coefficient (Wildman–Crippen LogP) is 1.33. The summed E-state index contributed by atoms with van der Waals surface area (Å²) in [6.07, 6.45) is 0. The summed E-state index contributed by atoms with van der Waals surface area (Å²) in [7, 11) is 3.74. The van der Waals surface area contributed by atoms with Crippen molar-refractivity contribution in [2.24, 2.45) is 0 Å². The topological polar surface area (TPSA) is 9.23 Å². The molecule has 0 aliphatic carbocycles. The summed E-state index contributed by atoms with van der Waals surface area (Å²) in [5.74, 6) is -0.0255. The van der Waals surface area contributed by atoms with Crippen molar-refractivity contribution in [1.82, 2.24) is 0 Å².